The van der Waals surface area contributed by atoms with Crippen LogP contribution in [0.25, 0.3) is 22.3 Å². The lowest BCUT2D eigenvalue weighted by Gasteiger charge is -2.33. The van der Waals surface area contributed by atoms with E-state index in [9.17, 15) is 9.46 Å². The molecule has 8 rings (SSSR count). The molecule has 4 fully saturated rings. The number of hydrogen-bond donors (Lipinski definition) is 4. The van der Waals surface area contributed by atoms with E-state index >= 15 is 4.39 Å². The molecule has 4 aliphatic rings. The second-order valence-corrected chi connectivity index (χ2v) is 16.6. The molecule has 246 valence electrons. The van der Waals surface area contributed by atoms with Crippen LogP contribution in [0.2, 0.25) is 0 Å². The largest absolute Gasteiger partial charge is 0.386 e. The SMILES string of the molecule is Nc1ncnc2c1ncn2[C@@H]1O[C@@H]2CCOP(O)(=S)O[C@H]3[C@H]4OC[C@]3(COP(=O)(S)O[C@@H]1[C@@H]2F)O[C@H]4n1cnc2c(N)ncnc21. The Bertz CT molecular complexity index is 1940. The molecule has 19 nitrogen and oxygen atoms in total. The van der Waals surface area contributed by atoms with Crippen LogP contribution in [0, 0.1) is 0 Å². The standard InChI is InChI=1S/C22H25FN10O9P2S2/c23-10-9-1-2-37-43(34,45)42-15-14-21(33-8-31-12-17(25)27-6-29-19(12)33)40-22(15,3-36-14)4-38-44(35,46)41-13(10)20(39-9)32-7-30-11-16(24)26-5-28-18(11)32/h5-10,13-15,20-21H,1-4H2,(H,34,45)(H,35,46)(H2,24,26,28)(H2,25,27,29)/t9-,10-,13-,14-,15+,20-,21-,22-,43?,44?/m1/s1. The molecule has 0 saturated carbocycles. The zero-order chi connectivity index (χ0) is 32.0. The van der Waals surface area contributed by atoms with Gasteiger partial charge < -0.3 is 35.1 Å². The average molecular weight is 719 g/mol. The fraction of sp³-hybridized carbons (Fsp3) is 0.545. The first-order chi connectivity index (χ1) is 22.0. The maximum Gasteiger partial charge on any atom is 0.386 e. The molecule has 46 heavy (non-hydrogen) atoms. The minimum Gasteiger partial charge on any atom is -0.382 e. The van der Waals surface area contributed by atoms with E-state index in [2.05, 4.69) is 42.2 Å². The van der Waals surface area contributed by atoms with Gasteiger partial charge in [-0.3, -0.25) is 22.7 Å². The van der Waals surface area contributed by atoms with E-state index in [1.54, 1.807) is 4.57 Å². The number of halogens is 1. The molecule has 4 saturated heterocycles. The first-order valence-electron chi connectivity index (χ1n) is 13.7. The van der Waals surface area contributed by atoms with Crippen molar-refractivity contribution in [2.45, 2.75) is 55.1 Å². The predicted molar refractivity (Wildman–Crippen MR) is 160 cm³/mol. The molecule has 2 unspecified atom stereocenters. The molecule has 4 aromatic heterocycles. The summed E-state index contributed by atoms with van der Waals surface area (Å²) >= 11 is 9.50. The van der Waals surface area contributed by atoms with Gasteiger partial charge in [-0.15, -0.1) is 0 Å². The predicted octanol–water partition coefficient (Wildman–Crippen LogP) is 1.19. The highest BCUT2D eigenvalue weighted by Gasteiger charge is 2.65. The van der Waals surface area contributed by atoms with Crippen molar-refractivity contribution in [2.24, 2.45) is 0 Å². The first kappa shape index (κ1) is 30.8. The molecule has 5 N–H and O–H groups in total. The number of thiol groups is 1. The Morgan fingerprint density at radius 1 is 0.957 bits per heavy atom. The average Bonchev–Trinajstić information content (AvgIpc) is 3.82. The van der Waals surface area contributed by atoms with Crippen molar-refractivity contribution in [1.29, 1.82) is 0 Å². The molecule has 4 bridgehead atoms. The Morgan fingerprint density at radius 3 is 2.28 bits per heavy atom. The molecule has 0 aromatic carbocycles. The van der Waals surface area contributed by atoms with Gasteiger partial charge in [0, 0.05) is 6.42 Å². The number of hydrogen-bond acceptors (Lipinski definition) is 17. The van der Waals surface area contributed by atoms with Gasteiger partial charge in [0.1, 0.15) is 47.6 Å². The van der Waals surface area contributed by atoms with Gasteiger partial charge in [-0.25, -0.2) is 38.9 Å². The number of anilines is 2. The van der Waals surface area contributed by atoms with Crippen molar-refractivity contribution in [3.8, 4) is 0 Å². The van der Waals surface area contributed by atoms with Crippen LogP contribution < -0.4 is 11.5 Å². The second-order valence-electron chi connectivity index (χ2n) is 11.0. The summed E-state index contributed by atoms with van der Waals surface area (Å²) in [5.74, 6) is 0.246. The van der Waals surface area contributed by atoms with Gasteiger partial charge in [-0.1, -0.05) is 12.2 Å². The van der Waals surface area contributed by atoms with Gasteiger partial charge in [0.25, 0.3) is 0 Å². The molecular weight excluding hydrogens is 693 g/mol. The number of nitrogen functional groups attached to an aromatic ring is 2. The third kappa shape index (κ3) is 5.03. The van der Waals surface area contributed by atoms with Crippen LogP contribution in [0.5, 0.6) is 0 Å². The van der Waals surface area contributed by atoms with Gasteiger partial charge in [0.15, 0.2) is 41.6 Å². The molecule has 4 aliphatic heterocycles. The van der Waals surface area contributed by atoms with Crippen molar-refractivity contribution in [3.63, 3.8) is 0 Å². The lowest BCUT2D eigenvalue weighted by Crippen LogP contribution is -2.45. The number of rotatable bonds is 2. The minimum absolute atomic E-state index is 0.0941. The van der Waals surface area contributed by atoms with E-state index in [4.69, 9.17) is 55.6 Å². The highest BCUT2D eigenvalue weighted by molar-refractivity contribution is 8.44. The van der Waals surface area contributed by atoms with Gasteiger partial charge in [-0.05, 0) is 11.8 Å². The number of fused-ring (bicyclic) bond motifs is 4. The molecule has 0 amide bonds. The number of aromatic nitrogens is 8. The lowest BCUT2D eigenvalue weighted by molar-refractivity contribution is -0.182. The van der Waals surface area contributed by atoms with Crippen LogP contribution in [0.15, 0.2) is 25.3 Å². The summed E-state index contributed by atoms with van der Waals surface area (Å²) in [5, 5.41) is 0. The maximum atomic E-state index is 16.0. The summed E-state index contributed by atoms with van der Waals surface area (Å²) < 4.78 is 74.2. The van der Waals surface area contributed by atoms with Crippen molar-refractivity contribution in [3.05, 3.63) is 25.3 Å². The van der Waals surface area contributed by atoms with E-state index in [-0.39, 0.29) is 42.4 Å². The summed E-state index contributed by atoms with van der Waals surface area (Å²) in [6.45, 7) is -9.27. The molecular formula is C22H25FN10O9P2S2. The van der Waals surface area contributed by atoms with E-state index < -0.39 is 68.8 Å². The van der Waals surface area contributed by atoms with Gasteiger partial charge in [0.05, 0.1) is 38.6 Å². The van der Waals surface area contributed by atoms with E-state index in [0.29, 0.717) is 11.2 Å². The summed E-state index contributed by atoms with van der Waals surface area (Å²) in [4.78, 5) is 35.9. The quantitative estimate of drug-likeness (QED) is 0.168. The highest BCUT2D eigenvalue weighted by atomic mass is 32.7. The summed E-state index contributed by atoms with van der Waals surface area (Å²) in [7, 11) is 0. The molecule has 4 aromatic rings. The van der Waals surface area contributed by atoms with Crippen LogP contribution in [0.3, 0.4) is 0 Å². The highest BCUT2D eigenvalue weighted by Crippen LogP contribution is 2.61. The summed E-state index contributed by atoms with van der Waals surface area (Å²) in [5.41, 5.74) is 11.5. The van der Waals surface area contributed by atoms with E-state index in [1.165, 1.54) is 29.9 Å². The van der Waals surface area contributed by atoms with Crippen LogP contribution >= 0.6 is 25.8 Å². The Labute approximate surface area is 268 Å². The molecule has 0 radical (unpaired) electrons. The maximum absolute atomic E-state index is 16.0. The Hall–Kier alpha value is -2.46. The molecule has 0 spiro atoms. The Kier molecular flexibility index (Phi) is 7.40. The molecule has 24 heteroatoms. The van der Waals surface area contributed by atoms with Gasteiger partial charge in [0.2, 0.25) is 0 Å². The number of nitrogens with two attached hydrogens (primary N) is 2. The number of alkyl halides is 1. The van der Waals surface area contributed by atoms with Gasteiger partial charge >= 0.3 is 13.5 Å². The molecule has 0 aliphatic carbocycles. The third-order valence-corrected chi connectivity index (χ3v) is 11.4. The van der Waals surface area contributed by atoms with Crippen LogP contribution in [-0.4, -0.2) is 99.9 Å². The minimum atomic E-state index is -4.37. The molecule has 10 atom stereocenters. The van der Waals surface area contributed by atoms with Crippen LogP contribution in [-0.2, 0) is 48.7 Å². The summed E-state index contributed by atoms with van der Waals surface area (Å²) in [6, 6.07) is 0. The van der Waals surface area contributed by atoms with Crippen molar-refractivity contribution >= 4 is 71.5 Å². The number of nitrogens with zero attached hydrogens (tertiary/aromatic N) is 8. The van der Waals surface area contributed by atoms with E-state index in [0.717, 1.165) is 0 Å². The van der Waals surface area contributed by atoms with Gasteiger partial charge in [-0.2, -0.15) is 0 Å². The smallest absolute Gasteiger partial charge is 0.382 e. The molecule has 8 heterocycles. The van der Waals surface area contributed by atoms with Crippen LogP contribution in [0.1, 0.15) is 18.9 Å². The zero-order valence-corrected chi connectivity index (χ0v) is 26.8. The monoisotopic (exact) mass is 718 g/mol. The van der Waals surface area contributed by atoms with Crippen molar-refractivity contribution in [2.75, 3.05) is 31.3 Å². The summed E-state index contributed by atoms with van der Waals surface area (Å²) in [6.07, 6.45) is -3.52. The Balaban J connectivity index is 1.13. The van der Waals surface area contributed by atoms with Crippen LogP contribution in [0.4, 0.5) is 16.0 Å². The fourth-order valence-electron chi connectivity index (χ4n) is 6.08. The number of ether oxygens (including phenoxy) is 3. The zero-order valence-electron chi connectivity index (χ0n) is 23.3. The first-order valence-corrected chi connectivity index (χ1v) is 19.0. The van der Waals surface area contributed by atoms with Crippen molar-refractivity contribution < 1.29 is 46.2 Å². The lowest BCUT2D eigenvalue weighted by atomic mass is 10.0. The normalized spacial score (nSPS) is 39.9. The van der Waals surface area contributed by atoms with Crippen molar-refractivity contribution in [1.82, 2.24) is 39.0 Å². The topological polar surface area (TPSA) is 241 Å². The second kappa shape index (κ2) is 11.0. The third-order valence-electron chi connectivity index (χ3n) is 8.19. The van der Waals surface area contributed by atoms with E-state index in [1.807, 2.05) is 0 Å². The fourth-order valence-corrected chi connectivity index (χ4v) is 9.05. The number of imidazole rings is 2. The Morgan fingerprint density at radius 2 is 1.61 bits per heavy atom.